The third-order valence-electron chi connectivity index (χ3n) is 2.50. The number of halogens is 2. The number of hydrogen-bond donors (Lipinski definition) is 0. The highest BCUT2D eigenvalue weighted by molar-refractivity contribution is 8.05. The third-order valence-corrected chi connectivity index (χ3v) is 4.66. The SMILES string of the molecule is Cc1cc(Cl)cc(S/C=C\Sc2cc(C)cc(Cl)c2)c1. The molecular weight excluding hydrogens is 327 g/mol. The second kappa shape index (κ2) is 7.46. The van der Waals surface area contributed by atoms with Crippen LogP contribution in [0, 0.1) is 13.8 Å². The molecule has 0 N–H and O–H groups in total. The number of aryl methyl sites for hydroxylation is 2. The normalized spacial score (nSPS) is 11.2. The molecule has 0 nitrogen and oxygen atoms in total. The van der Waals surface area contributed by atoms with E-state index in [9.17, 15) is 0 Å². The molecule has 0 fully saturated rings. The minimum absolute atomic E-state index is 0.777. The van der Waals surface area contributed by atoms with Crippen molar-refractivity contribution in [2.24, 2.45) is 0 Å². The standard InChI is InChI=1S/C16H14Cl2S2/c1-11-5-13(17)9-15(7-11)19-3-4-20-16-8-12(2)6-14(18)10-16/h3-10H,1-2H3/b4-3-. The molecule has 104 valence electrons. The molecule has 0 amide bonds. The Morgan fingerprint density at radius 3 is 1.45 bits per heavy atom. The van der Waals surface area contributed by atoms with Gasteiger partial charge in [-0.3, -0.25) is 0 Å². The molecule has 4 heteroatoms. The third kappa shape index (κ3) is 5.10. The fourth-order valence-corrected chi connectivity index (χ4v) is 4.12. The van der Waals surface area contributed by atoms with E-state index in [2.05, 4.69) is 22.9 Å². The quantitative estimate of drug-likeness (QED) is 0.551. The van der Waals surface area contributed by atoms with Gasteiger partial charge in [0.2, 0.25) is 0 Å². The summed E-state index contributed by atoms with van der Waals surface area (Å²) in [5, 5.41) is 5.68. The number of rotatable bonds is 4. The lowest BCUT2D eigenvalue weighted by Gasteiger charge is -2.01. The first kappa shape index (κ1) is 15.8. The predicted molar refractivity (Wildman–Crippen MR) is 93.2 cm³/mol. The average molecular weight is 341 g/mol. The summed E-state index contributed by atoms with van der Waals surface area (Å²) >= 11 is 15.4. The van der Waals surface area contributed by atoms with Crippen molar-refractivity contribution in [2.75, 3.05) is 0 Å². The van der Waals surface area contributed by atoms with E-state index in [1.807, 2.05) is 38.1 Å². The Morgan fingerprint density at radius 2 is 1.10 bits per heavy atom. The van der Waals surface area contributed by atoms with Crippen LogP contribution < -0.4 is 0 Å². The van der Waals surface area contributed by atoms with Crippen molar-refractivity contribution in [3.8, 4) is 0 Å². The Kier molecular flexibility index (Phi) is 5.91. The van der Waals surface area contributed by atoms with E-state index in [4.69, 9.17) is 23.2 Å². The van der Waals surface area contributed by atoms with Gasteiger partial charge in [0.1, 0.15) is 0 Å². The maximum atomic E-state index is 6.04. The maximum absolute atomic E-state index is 6.04. The monoisotopic (exact) mass is 340 g/mol. The summed E-state index contributed by atoms with van der Waals surface area (Å²) in [6, 6.07) is 12.1. The first-order valence-electron chi connectivity index (χ1n) is 6.06. The molecular formula is C16H14Cl2S2. The van der Waals surface area contributed by atoms with E-state index in [0.717, 1.165) is 19.8 Å². The first-order chi connectivity index (χ1) is 9.52. The highest BCUT2D eigenvalue weighted by Gasteiger charge is 1.97. The van der Waals surface area contributed by atoms with Crippen LogP contribution in [0.5, 0.6) is 0 Å². The molecule has 0 atom stereocenters. The summed E-state index contributed by atoms with van der Waals surface area (Å²) in [5.74, 6) is 0. The molecule has 2 rings (SSSR count). The van der Waals surface area contributed by atoms with Crippen molar-refractivity contribution in [1.82, 2.24) is 0 Å². The van der Waals surface area contributed by atoms with Gasteiger partial charge >= 0.3 is 0 Å². The molecule has 0 unspecified atom stereocenters. The summed E-state index contributed by atoms with van der Waals surface area (Å²) in [5.41, 5.74) is 2.35. The second-order valence-electron chi connectivity index (χ2n) is 4.44. The van der Waals surface area contributed by atoms with Gasteiger partial charge in [-0.15, -0.1) is 0 Å². The van der Waals surface area contributed by atoms with E-state index >= 15 is 0 Å². The van der Waals surface area contributed by atoms with Gasteiger partial charge in [-0.2, -0.15) is 0 Å². The van der Waals surface area contributed by atoms with E-state index in [0.29, 0.717) is 0 Å². The van der Waals surface area contributed by atoms with Gasteiger partial charge in [-0.05, 0) is 72.2 Å². The van der Waals surface area contributed by atoms with Crippen LogP contribution in [0.3, 0.4) is 0 Å². The summed E-state index contributed by atoms with van der Waals surface area (Å²) in [4.78, 5) is 2.29. The molecule has 0 heterocycles. The number of hydrogen-bond acceptors (Lipinski definition) is 2. The summed E-state index contributed by atoms with van der Waals surface area (Å²) in [6.07, 6.45) is 0. The molecule has 0 saturated heterocycles. The topological polar surface area (TPSA) is 0 Å². The Bertz CT molecular complexity index is 540. The molecule has 0 aliphatic carbocycles. The van der Waals surface area contributed by atoms with Gasteiger partial charge in [-0.25, -0.2) is 0 Å². The molecule has 20 heavy (non-hydrogen) atoms. The fraction of sp³-hybridized carbons (Fsp3) is 0.125. The Balaban J connectivity index is 1.96. The lowest BCUT2D eigenvalue weighted by atomic mass is 10.2. The molecule has 0 spiro atoms. The van der Waals surface area contributed by atoms with Crippen LogP contribution in [0.15, 0.2) is 57.0 Å². The van der Waals surface area contributed by atoms with Crippen molar-refractivity contribution in [2.45, 2.75) is 23.6 Å². The van der Waals surface area contributed by atoms with Crippen molar-refractivity contribution in [1.29, 1.82) is 0 Å². The molecule has 2 aromatic rings. The Hall–Kier alpha value is -0.540. The first-order valence-corrected chi connectivity index (χ1v) is 8.57. The van der Waals surface area contributed by atoms with Crippen LogP contribution in [-0.4, -0.2) is 0 Å². The highest BCUT2D eigenvalue weighted by atomic mass is 35.5. The van der Waals surface area contributed by atoms with Crippen LogP contribution in [0.25, 0.3) is 0 Å². The largest absolute Gasteiger partial charge is 0.0975 e. The molecule has 0 bridgehead atoms. The molecule has 0 saturated carbocycles. The van der Waals surface area contributed by atoms with Crippen molar-refractivity contribution in [3.05, 3.63) is 68.4 Å². The zero-order valence-corrected chi connectivity index (χ0v) is 14.3. The zero-order valence-electron chi connectivity index (χ0n) is 11.2. The Labute approximate surface area is 138 Å². The zero-order chi connectivity index (χ0) is 14.5. The van der Waals surface area contributed by atoms with Gasteiger partial charge in [-0.1, -0.05) is 46.7 Å². The van der Waals surface area contributed by atoms with Gasteiger partial charge in [0, 0.05) is 19.8 Å². The number of benzene rings is 2. The highest BCUT2D eigenvalue weighted by Crippen LogP contribution is 2.28. The molecule has 0 aromatic heterocycles. The van der Waals surface area contributed by atoms with E-state index in [-0.39, 0.29) is 0 Å². The van der Waals surface area contributed by atoms with Gasteiger partial charge in [0.25, 0.3) is 0 Å². The van der Waals surface area contributed by atoms with Crippen molar-refractivity contribution < 1.29 is 0 Å². The minimum Gasteiger partial charge on any atom is -0.0975 e. The number of thioether (sulfide) groups is 2. The average Bonchev–Trinajstić information content (AvgIpc) is 2.32. The smallest absolute Gasteiger partial charge is 0.0419 e. The second-order valence-corrected chi connectivity index (χ2v) is 7.27. The van der Waals surface area contributed by atoms with E-state index in [1.165, 1.54) is 11.1 Å². The molecule has 2 aromatic carbocycles. The van der Waals surface area contributed by atoms with Crippen molar-refractivity contribution >= 4 is 46.7 Å². The van der Waals surface area contributed by atoms with Gasteiger partial charge < -0.3 is 0 Å². The molecule has 0 aliphatic heterocycles. The summed E-state index contributed by atoms with van der Waals surface area (Å²) < 4.78 is 0. The maximum Gasteiger partial charge on any atom is 0.0419 e. The van der Waals surface area contributed by atoms with Crippen molar-refractivity contribution in [3.63, 3.8) is 0 Å². The molecule has 0 radical (unpaired) electrons. The van der Waals surface area contributed by atoms with Crippen LogP contribution in [0.4, 0.5) is 0 Å². The lowest BCUT2D eigenvalue weighted by molar-refractivity contribution is 1.36. The molecule has 0 aliphatic rings. The van der Waals surface area contributed by atoms with Crippen LogP contribution in [-0.2, 0) is 0 Å². The Morgan fingerprint density at radius 1 is 0.700 bits per heavy atom. The summed E-state index contributed by atoms with van der Waals surface area (Å²) in [6.45, 7) is 4.09. The fourth-order valence-electron chi connectivity index (χ4n) is 1.75. The lowest BCUT2D eigenvalue weighted by Crippen LogP contribution is -1.75. The van der Waals surface area contributed by atoms with E-state index < -0.39 is 0 Å². The predicted octanol–water partition coefficient (Wildman–Crippen LogP) is 6.97. The van der Waals surface area contributed by atoms with Crippen LogP contribution in [0.2, 0.25) is 10.0 Å². The van der Waals surface area contributed by atoms with Gasteiger partial charge in [0.05, 0.1) is 0 Å². The van der Waals surface area contributed by atoms with Crippen LogP contribution >= 0.6 is 46.7 Å². The minimum atomic E-state index is 0.777. The van der Waals surface area contributed by atoms with E-state index in [1.54, 1.807) is 23.5 Å². The summed E-state index contributed by atoms with van der Waals surface area (Å²) in [7, 11) is 0. The van der Waals surface area contributed by atoms with Gasteiger partial charge in [0.15, 0.2) is 0 Å². The van der Waals surface area contributed by atoms with Crippen LogP contribution in [0.1, 0.15) is 11.1 Å².